The summed E-state index contributed by atoms with van der Waals surface area (Å²) >= 11 is 0. The lowest BCUT2D eigenvalue weighted by molar-refractivity contribution is 0.113. The zero-order valence-corrected chi connectivity index (χ0v) is 8.44. The monoisotopic (exact) mass is 171 g/mol. The van der Waals surface area contributed by atoms with Gasteiger partial charge in [-0.3, -0.25) is 4.39 Å². The third-order valence-electron chi connectivity index (χ3n) is 2.52. The molecule has 0 bridgehead atoms. The van der Waals surface area contributed by atoms with Crippen LogP contribution in [0.15, 0.2) is 0 Å². The lowest BCUT2D eigenvalue weighted by atomic mass is 9.76. The summed E-state index contributed by atoms with van der Waals surface area (Å²) in [6.45, 7) is 7.42. The lowest BCUT2D eigenvalue weighted by Crippen LogP contribution is -2.43. The molecule has 0 aliphatic carbocycles. The summed E-state index contributed by atoms with van der Waals surface area (Å²) in [5, 5.41) is 0. The normalized spacial score (nSPS) is 24.7. The van der Waals surface area contributed by atoms with E-state index in [1.807, 2.05) is 0 Å². The van der Waals surface area contributed by atoms with E-state index in [4.69, 9.17) is 0 Å². The molecule has 3 heteroatoms. The standard InChI is InChI=1S/C9H19BFN/c1-8(2)7-12-5-3-9(10,11)4-6-12/h8H,3-7,10H2,1-2H3. The van der Waals surface area contributed by atoms with E-state index in [1.54, 1.807) is 7.85 Å². The topological polar surface area (TPSA) is 3.24 Å². The van der Waals surface area contributed by atoms with Crippen molar-refractivity contribution >= 4 is 7.85 Å². The van der Waals surface area contributed by atoms with Crippen LogP contribution < -0.4 is 0 Å². The predicted octanol–water partition coefficient (Wildman–Crippen LogP) is 1.04. The Morgan fingerprint density at radius 1 is 1.42 bits per heavy atom. The average Bonchev–Trinajstić information content (AvgIpc) is 1.93. The fraction of sp³-hybridized carbons (Fsp3) is 1.00. The van der Waals surface area contributed by atoms with E-state index >= 15 is 0 Å². The molecule has 1 fully saturated rings. The van der Waals surface area contributed by atoms with Crippen molar-refractivity contribution in [2.24, 2.45) is 5.92 Å². The largest absolute Gasteiger partial charge is 0.303 e. The van der Waals surface area contributed by atoms with Crippen LogP contribution in [0.4, 0.5) is 4.39 Å². The molecule has 0 aromatic carbocycles. The Morgan fingerprint density at radius 3 is 2.33 bits per heavy atom. The van der Waals surface area contributed by atoms with Crippen LogP contribution in [-0.2, 0) is 0 Å². The number of halogens is 1. The van der Waals surface area contributed by atoms with Crippen LogP contribution in [0.5, 0.6) is 0 Å². The van der Waals surface area contributed by atoms with Gasteiger partial charge in [0.1, 0.15) is 7.85 Å². The molecule has 1 aliphatic heterocycles. The van der Waals surface area contributed by atoms with Gasteiger partial charge in [-0.2, -0.15) is 0 Å². The average molecular weight is 171 g/mol. The van der Waals surface area contributed by atoms with Crippen LogP contribution in [0, 0.1) is 5.92 Å². The fourth-order valence-electron chi connectivity index (χ4n) is 1.72. The Bertz CT molecular complexity index is 137. The van der Waals surface area contributed by atoms with Crippen molar-refractivity contribution in [2.45, 2.75) is 32.3 Å². The van der Waals surface area contributed by atoms with Gasteiger partial charge in [-0.15, -0.1) is 0 Å². The molecule has 12 heavy (non-hydrogen) atoms. The van der Waals surface area contributed by atoms with Crippen molar-refractivity contribution in [3.8, 4) is 0 Å². The maximum atomic E-state index is 13.4. The molecule has 70 valence electrons. The van der Waals surface area contributed by atoms with E-state index in [0.717, 1.165) is 19.6 Å². The van der Waals surface area contributed by atoms with E-state index in [1.165, 1.54) is 0 Å². The van der Waals surface area contributed by atoms with Gasteiger partial charge < -0.3 is 4.90 Å². The van der Waals surface area contributed by atoms with Crippen molar-refractivity contribution in [3.05, 3.63) is 0 Å². The lowest BCUT2D eigenvalue weighted by Gasteiger charge is -2.35. The molecule has 0 saturated carbocycles. The summed E-state index contributed by atoms with van der Waals surface area (Å²) < 4.78 is 13.4. The highest BCUT2D eigenvalue weighted by Crippen LogP contribution is 2.22. The molecule has 0 N–H and O–H groups in total. The van der Waals surface area contributed by atoms with Gasteiger partial charge in [0.05, 0.1) is 5.57 Å². The highest BCUT2D eigenvalue weighted by Gasteiger charge is 2.29. The molecule has 1 rings (SSSR count). The Kier molecular flexibility index (Phi) is 3.16. The Hall–Kier alpha value is -0.0451. The second-order valence-electron chi connectivity index (χ2n) is 4.61. The van der Waals surface area contributed by atoms with E-state index in [-0.39, 0.29) is 0 Å². The summed E-state index contributed by atoms with van der Waals surface area (Å²) in [7, 11) is 1.72. The molecule has 0 unspecified atom stereocenters. The summed E-state index contributed by atoms with van der Waals surface area (Å²) in [5.41, 5.74) is -0.895. The number of likely N-dealkylation sites (tertiary alicyclic amines) is 1. The smallest absolute Gasteiger partial charge is 0.150 e. The Labute approximate surface area is 75.7 Å². The zero-order valence-electron chi connectivity index (χ0n) is 8.44. The van der Waals surface area contributed by atoms with E-state index < -0.39 is 5.57 Å². The third-order valence-corrected chi connectivity index (χ3v) is 2.52. The number of nitrogens with zero attached hydrogens (tertiary/aromatic N) is 1. The van der Waals surface area contributed by atoms with Gasteiger partial charge in [0.15, 0.2) is 0 Å². The van der Waals surface area contributed by atoms with Gasteiger partial charge >= 0.3 is 0 Å². The van der Waals surface area contributed by atoms with Crippen LogP contribution in [0.1, 0.15) is 26.7 Å². The first-order valence-corrected chi connectivity index (χ1v) is 4.91. The fourth-order valence-corrected chi connectivity index (χ4v) is 1.72. The molecule has 0 spiro atoms. The second kappa shape index (κ2) is 3.78. The molecule has 1 nitrogen and oxygen atoms in total. The molecule has 1 saturated heterocycles. The van der Waals surface area contributed by atoms with Crippen molar-refractivity contribution in [2.75, 3.05) is 19.6 Å². The van der Waals surface area contributed by atoms with Gasteiger partial charge in [-0.1, -0.05) is 13.8 Å². The maximum absolute atomic E-state index is 13.4. The van der Waals surface area contributed by atoms with Crippen LogP contribution >= 0.6 is 0 Å². The highest BCUT2D eigenvalue weighted by atomic mass is 19.1. The van der Waals surface area contributed by atoms with Crippen molar-refractivity contribution < 1.29 is 4.39 Å². The highest BCUT2D eigenvalue weighted by molar-refractivity contribution is 6.14. The Morgan fingerprint density at radius 2 is 1.92 bits per heavy atom. The second-order valence-corrected chi connectivity index (χ2v) is 4.61. The number of alkyl halides is 1. The van der Waals surface area contributed by atoms with Crippen LogP contribution in [0.25, 0.3) is 0 Å². The van der Waals surface area contributed by atoms with Gasteiger partial charge in [0.25, 0.3) is 0 Å². The Balaban J connectivity index is 2.27. The first-order chi connectivity index (χ1) is 5.49. The minimum absolute atomic E-state index is 0.703. The molecule has 1 aliphatic rings. The van der Waals surface area contributed by atoms with Gasteiger partial charge in [0.2, 0.25) is 0 Å². The van der Waals surface area contributed by atoms with E-state index in [0.29, 0.717) is 18.8 Å². The molecule has 0 radical (unpaired) electrons. The minimum atomic E-state index is -0.895. The first kappa shape index (κ1) is 10.0. The quantitative estimate of drug-likeness (QED) is 0.561. The van der Waals surface area contributed by atoms with Gasteiger partial charge in [-0.25, -0.2) is 0 Å². The molecule has 0 aromatic heterocycles. The van der Waals surface area contributed by atoms with E-state index in [2.05, 4.69) is 18.7 Å². The predicted molar refractivity (Wildman–Crippen MR) is 52.9 cm³/mol. The van der Waals surface area contributed by atoms with Crippen LogP contribution in [0.2, 0.25) is 0 Å². The maximum Gasteiger partial charge on any atom is 0.150 e. The summed E-state index contributed by atoms with van der Waals surface area (Å²) in [5.74, 6) is 0.703. The molecular weight excluding hydrogens is 152 g/mol. The first-order valence-electron chi connectivity index (χ1n) is 4.91. The minimum Gasteiger partial charge on any atom is -0.303 e. The van der Waals surface area contributed by atoms with Crippen LogP contribution in [0.3, 0.4) is 0 Å². The SMILES string of the molecule is BC1(F)CCN(CC(C)C)CC1. The van der Waals surface area contributed by atoms with Crippen molar-refractivity contribution in [1.82, 2.24) is 4.90 Å². The van der Waals surface area contributed by atoms with E-state index in [9.17, 15) is 4.39 Å². The summed E-state index contributed by atoms with van der Waals surface area (Å²) in [6.07, 6.45) is 1.42. The summed E-state index contributed by atoms with van der Waals surface area (Å²) in [4.78, 5) is 2.37. The molecule has 0 atom stereocenters. The van der Waals surface area contributed by atoms with Gasteiger partial charge in [-0.05, 0) is 18.8 Å². The number of hydrogen-bond acceptors (Lipinski definition) is 1. The third kappa shape index (κ3) is 3.14. The van der Waals surface area contributed by atoms with Crippen molar-refractivity contribution in [3.63, 3.8) is 0 Å². The summed E-state index contributed by atoms with van der Waals surface area (Å²) in [6, 6.07) is 0. The zero-order chi connectivity index (χ0) is 9.19. The molecule has 0 amide bonds. The molecular formula is C9H19BFN. The molecule has 0 aromatic rings. The molecule has 1 heterocycles. The number of rotatable bonds is 2. The van der Waals surface area contributed by atoms with Crippen LogP contribution in [-0.4, -0.2) is 37.9 Å². The van der Waals surface area contributed by atoms with Gasteiger partial charge in [0, 0.05) is 19.6 Å². The van der Waals surface area contributed by atoms with Crippen molar-refractivity contribution in [1.29, 1.82) is 0 Å². The number of piperidine rings is 1. The number of hydrogen-bond donors (Lipinski definition) is 0.